The number of hydrogen-bond acceptors (Lipinski definition) is 12. The minimum absolute atomic E-state index is 0.0334. The van der Waals surface area contributed by atoms with Gasteiger partial charge in [0.2, 0.25) is 17.7 Å². The number of nitrogens with one attached hydrogen (secondary N) is 3. The van der Waals surface area contributed by atoms with Crippen molar-refractivity contribution in [2.24, 2.45) is 11.3 Å². The maximum Gasteiger partial charge on any atom is 0.408 e. The third kappa shape index (κ3) is 8.75. The molecule has 290 valence electrons. The molecule has 5 atom stereocenters. The third-order valence-electron chi connectivity index (χ3n) is 9.14. The van der Waals surface area contributed by atoms with Gasteiger partial charge in [-0.3, -0.25) is 14.4 Å². The normalized spacial score (nSPS) is 21.4. The van der Waals surface area contributed by atoms with Gasteiger partial charge >= 0.3 is 12.1 Å². The van der Waals surface area contributed by atoms with Crippen molar-refractivity contribution >= 4 is 57.2 Å². The number of rotatable bonds is 11. The van der Waals surface area contributed by atoms with Crippen molar-refractivity contribution in [1.29, 1.82) is 0 Å². The number of likely N-dealkylation sites (tertiary alicyclic amines) is 1. The number of fused-ring (bicyclic) bond motifs is 1. The predicted octanol–water partition coefficient (Wildman–Crippen LogP) is 4.85. The maximum atomic E-state index is 14.6. The van der Waals surface area contributed by atoms with Crippen LogP contribution in [0.1, 0.15) is 61.3 Å². The number of thiazole rings is 1. The summed E-state index contributed by atoms with van der Waals surface area (Å²) in [6.07, 6.45) is 0.436. The molecule has 54 heavy (non-hydrogen) atoms. The molecule has 1 aliphatic heterocycles. The summed E-state index contributed by atoms with van der Waals surface area (Å²) in [5.74, 6) is -1.36. The van der Waals surface area contributed by atoms with Crippen LogP contribution in [0.25, 0.3) is 22.3 Å². The van der Waals surface area contributed by atoms with Crippen LogP contribution in [0, 0.1) is 11.3 Å². The van der Waals surface area contributed by atoms with E-state index in [0.29, 0.717) is 45.3 Å². The Morgan fingerprint density at radius 2 is 1.78 bits per heavy atom. The van der Waals surface area contributed by atoms with Gasteiger partial charge in [-0.25, -0.2) is 19.6 Å². The monoisotopic (exact) mass is 764 g/mol. The summed E-state index contributed by atoms with van der Waals surface area (Å²) in [5, 5.41) is 11.1. The third-order valence-corrected chi connectivity index (χ3v) is 9.90. The highest BCUT2D eigenvalue weighted by Gasteiger charge is 2.62. The number of methoxy groups -OCH3 is 2. The molecule has 3 heterocycles. The summed E-state index contributed by atoms with van der Waals surface area (Å²) in [6, 6.07) is 4.85. The van der Waals surface area contributed by atoms with Crippen LogP contribution in [-0.4, -0.2) is 94.7 Å². The number of carbonyl (C=O) groups is 5. The van der Waals surface area contributed by atoms with Crippen molar-refractivity contribution in [1.82, 2.24) is 25.5 Å². The van der Waals surface area contributed by atoms with Gasteiger partial charge in [0, 0.05) is 42.2 Å². The molecule has 15 nitrogen and oxygen atoms in total. The van der Waals surface area contributed by atoms with Gasteiger partial charge in [-0.2, -0.15) is 0 Å². The number of pyridine rings is 1. The summed E-state index contributed by atoms with van der Waals surface area (Å²) in [6.45, 7) is 15.7. The molecule has 0 spiro atoms. The number of alkyl carbamates (subject to hydrolysis) is 1. The Kier molecular flexibility index (Phi) is 11.3. The molecule has 5 unspecified atom stereocenters. The van der Waals surface area contributed by atoms with Gasteiger partial charge in [0.05, 0.1) is 32.0 Å². The Morgan fingerprint density at radius 3 is 2.37 bits per heavy atom. The first-order chi connectivity index (χ1) is 25.3. The lowest BCUT2D eigenvalue weighted by Gasteiger charge is -2.36. The molecule has 1 aliphatic carbocycles. The SMILES string of the molecule is C=CC1CC1(NC(=O)C1CC(Oc2cc(-c3csc(NC(C)=O)n3)nc3cc(OC)ccc23)CN1C(=O)C(NC(=O)OC(C)(C)C)C(C)(C)C)C(=O)OC. The van der Waals surface area contributed by atoms with Crippen LogP contribution < -0.4 is 25.4 Å². The number of ether oxygens (including phenoxy) is 4. The molecule has 3 aromatic rings. The summed E-state index contributed by atoms with van der Waals surface area (Å²) in [5.41, 5.74) is -1.44. The zero-order valence-electron chi connectivity index (χ0n) is 32.0. The first kappa shape index (κ1) is 39.9. The van der Waals surface area contributed by atoms with E-state index in [0.717, 1.165) is 0 Å². The van der Waals surface area contributed by atoms with E-state index in [1.807, 2.05) is 0 Å². The van der Waals surface area contributed by atoms with Crippen LogP contribution in [0.4, 0.5) is 9.93 Å². The molecule has 0 radical (unpaired) electrons. The fraction of sp³-hybridized carbons (Fsp3) is 0.500. The Morgan fingerprint density at radius 1 is 1.06 bits per heavy atom. The van der Waals surface area contributed by atoms with Crippen molar-refractivity contribution < 1.29 is 42.9 Å². The van der Waals surface area contributed by atoms with Gasteiger partial charge < -0.3 is 39.8 Å². The molecular formula is C38H48N6O9S. The fourth-order valence-corrected chi connectivity index (χ4v) is 7.16. The Balaban J connectivity index is 1.52. The molecule has 1 saturated heterocycles. The van der Waals surface area contributed by atoms with Crippen LogP contribution >= 0.6 is 11.3 Å². The summed E-state index contributed by atoms with van der Waals surface area (Å²) in [4.78, 5) is 77.0. The fourth-order valence-electron chi connectivity index (χ4n) is 6.41. The lowest BCUT2D eigenvalue weighted by molar-refractivity contribution is -0.148. The summed E-state index contributed by atoms with van der Waals surface area (Å²) >= 11 is 1.24. The molecule has 1 aromatic carbocycles. The van der Waals surface area contributed by atoms with Gasteiger partial charge in [-0.15, -0.1) is 17.9 Å². The second-order valence-electron chi connectivity index (χ2n) is 15.5. The number of carbonyl (C=O) groups excluding carboxylic acids is 5. The second-order valence-corrected chi connectivity index (χ2v) is 16.4. The van der Waals surface area contributed by atoms with E-state index in [1.165, 1.54) is 30.3 Å². The minimum atomic E-state index is -1.31. The van der Waals surface area contributed by atoms with Crippen molar-refractivity contribution in [3.05, 3.63) is 42.3 Å². The lowest BCUT2D eigenvalue weighted by atomic mass is 9.85. The van der Waals surface area contributed by atoms with Crippen molar-refractivity contribution in [3.8, 4) is 22.9 Å². The van der Waals surface area contributed by atoms with Crippen LogP contribution in [-0.2, 0) is 28.7 Å². The number of hydrogen-bond donors (Lipinski definition) is 3. The predicted molar refractivity (Wildman–Crippen MR) is 202 cm³/mol. The standard InChI is InChI=1S/C38H48N6O9S/c1-11-21-17-38(21,33(48)51-10)43-31(46)28-15-23(18-44(28)32(47)30(36(3,4)5)42-35(49)53-37(6,7)8)52-29-16-26(27-19-54-34(41-27)39-20(2)45)40-25-14-22(50-9)12-13-24(25)29/h11-14,16,19,21,23,28,30H,1,15,17-18H2,2-10H3,(H,42,49)(H,43,46)(H,39,41,45). The van der Waals surface area contributed by atoms with Crippen LogP contribution in [0.3, 0.4) is 0 Å². The van der Waals surface area contributed by atoms with Gasteiger partial charge in [-0.05, 0) is 44.7 Å². The molecule has 5 rings (SSSR count). The number of nitrogens with zero attached hydrogens (tertiary/aromatic N) is 3. The van der Waals surface area contributed by atoms with Crippen LogP contribution in [0.2, 0.25) is 0 Å². The molecule has 1 saturated carbocycles. The summed E-state index contributed by atoms with van der Waals surface area (Å²) in [7, 11) is 2.79. The smallest absolute Gasteiger partial charge is 0.408 e. The largest absolute Gasteiger partial charge is 0.497 e. The number of anilines is 1. The lowest BCUT2D eigenvalue weighted by Crippen LogP contribution is -2.59. The van der Waals surface area contributed by atoms with E-state index in [9.17, 15) is 24.0 Å². The number of benzene rings is 1. The van der Waals surface area contributed by atoms with Crippen molar-refractivity contribution in [2.75, 3.05) is 26.1 Å². The van der Waals surface area contributed by atoms with Crippen LogP contribution in [0.15, 0.2) is 42.3 Å². The maximum absolute atomic E-state index is 14.6. The molecule has 2 fully saturated rings. The zero-order chi connectivity index (χ0) is 39.7. The molecule has 16 heteroatoms. The molecular weight excluding hydrogens is 717 g/mol. The number of esters is 1. The van der Waals surface area contributed by atoms with Crippen LogP contribution in [0.5, 0.6) is 11.5 Å². The van der Waals surface area contributed by atoms with E-state index in [4.69, 9.17) is 23.9 Å². The first-order valence-corrected chi connectivity index (χ1v) is 18.4. The Bertz CT molecular complexity index is 1970. The van der Waals surface area contributed by atoms with E-state index >= 15 is 0 Å². The summed E-state index contributed by atoms with van der Waals surface area (Å²) < 4.78 is 22.6. The van der Waals surface area contributed by atoms with Crippen molar-refractivity contribution in [3.63, 3.8) is 0 Å². The zero-order valence-corrected chi connectivity index (χ0v) is 32.8. The van der Waals surface area contributed by atoms with E-state index in [1.54, 1.807) is 84.4 Å². The van der Waals surface area contributed by atoms with E-state index < -0.39 is 58.6 Å². The Labute approximate surface area is 318 Å². The molecule has 2 aliphatic rings. The molecule has 2 aromatic heterocycles. The van der Waals surface area contributed by atoms with Gasteiger partial charge in [0.1, 0.15) is 46.5 Å². The van der Waals surface area contributed by atoms with E-state index in [-0.39, 0.29) is 24.8 Å². The van der Waals surface area contributed by atoms with Gasteiger partial charge in [0.15, 0.2) is 5.13 Å². The second kappa shape index (κ2) is 15.2. The van der Waals surface area contributed by atoms with Crippen molar-refractivity contribution in [2.45, 2.75) is 90.6 Å². The first-order valence-electron chi connectivity index (χ1n) is 17.5. The molecule has 0 bridgehead atoms. The topological polar surface area (TPSA) is 187 Å². The van der Waals surface area contributed by atoms with Gasteiger partial charge in [-0.1, -0.05) is 26.8 Å². The van der Waals surface area contributed by atoms with Gasteiger partial charge in [0.25, 0.3) is 0 Å². The molecule has 4 amide bonds. The number of amides is 4. The molecule has 3 N–H and O–H groups in total. The average molecular weight is 765 g/mol. The Hall–Kier alpha value is -5.25. The number of aromatic nitrogens is 2. The highest BCUT2D eigenvalue weighted by molar-refractivity contribution is 7.14. The minimum Gasteiger partial charge on any atom is -0.497 e. The highest BCUT2D eigenvalue weighted by Crippen LogP contribution is 2.46. The van der Waals surface area contributed by atoms with E-state index in [2.05, 4.69) is 27.5 Å². The highest BCUT2D eigenvalue weighted by atomic mass is 32.1. The average Bonchev–Trinajstić information content (AvgIpc) is 3.36. The quantitative estimate of drug-likeness (QED) is 0.179.